The van der Waals surface area contributed by atoms with E-state index < -0.39 is 0 Å². The molecule has 5 heteroatoms. The van der Waals surface area contributed by atoms with Crippen molar-refractivity contribution >= 4 is 0 Å². The van der Waals surface area contributed by atoms with Gasteiger partial charge in [0.15, 0.2) is 0 Å². The monoisotopic (exact) mass is 261 g/mol. The standard InChI is InChI=1S/C14H19N3O2/c1-3-7-11(15)14-16-13(17-19-14)12(18-2)10-8-5-4-6-9-10/h4-6,8-9,11-12H,3,7,15H2,1-2H3/t11-,12?/m1/s1. The Hall–Kier alpha value is -1.72. The normalized spacial score (nSPS) is 14.3. The summed E-state index contributed by atoms with van der Waals surface area (Å²) in [6.45, 7) is 2.07. The van der Waals surface area contributed by atoms with Crippen molar-refractivity contribution in [1.82, 2.24) is 10.1 Å². The topological polar surface area (TPSA) is 74.2 Å². The van der Waals surface area contributed by atoms with Crippen LogP contribution in [0.2, 0.25) is 0 Å². The molecule has 102 valence electrons. The molecule has 1 heterocycles. The Bertz CT molecular complexity index is 498. The van der Waals surface area contributed by atoms with Crippen molar-refractivity contribution in [3.05, 3.63) is 47.6 Å². The Morgan fingerprint density at radius 3 is 2.68 bits per heavy atom. The fourth-order valence-electron chi connectivity index (χ4n) is 1.96. The van der Waals surface area contributed by atoms with Gasteiger partial charge in [-0.1, -0.05) is 48.8 Å². The lowest BCUT2D eigenvalue weighted by Crippen LogP contribution is -2.11. The minimum Gasteiger partial charge on any atom is -0.369 e. The van der Waals surface area contributed by atoms with Gasteiger partial charge in [-0.25, -0.2) is 0 Å². The van der Waals surface area contributed by atoms with E-state index in [1.54, 1.807) is 7.11 Å². The molecule has 0 saturated heterocycles. The third kappa shape index (κ3) is 3.19. The second-order valence-electron chi connectivity index (χ2n) is 4.41. The maximum Gasteiger partial charge on any atom is 0.243 e. The number of benzene rings is 1. The van der Waals surface area contributed by atoms with Crippen LogP contribution in [0.4, 0.5) is 0 Å². The van der Waals surface area contributed by atoms with Crippen molar-refractivity contribution in [3.63, 3.8) is 0 Å². The predicted octanol–water partition coefficient (Wildman–Crippen LogP) is 2.61. The molecule has 1 unspecified atom stereocenters. The largest absolute Gasteiger partial charge is 0.369 e. The molecule has 0 aliphatic carbocycles. The van der Waals surface area contributed by atoms with Crippen LogP contribution in [0.5, 0.6) is 0 Å². The van der Waals surface area contributed by atoms with Crippen LogP contribution in [-0.2, 0) is 4.74 Å². The summed E-state index contributed by atoms with van der Waals surface area (Å²) < 4.78 is 10.7. The molecule has 2 N–H and O–H groups in total. The van der Waals surface area contributed by atoms with Crippen molar-refractivity contribution in [2.24, 2.45) is 5.73 Å². The quantitative estimate of drug-likeness (QED) is 0.865. The lowest BCUT2D eigenvalue weighted by molar-refractivity contribution is 0.126. The first-order chi connectivity index (χ1) is 9.26. The van der Waals surface area contributed by atoms with Crippen LogP contribution >= 0.6 is 0 Å². The van der Waals surface area contributed by atoms with Crippen LogP contribution in [0, 0.1) is 0 Å². The van der Waals surface area contributed by atoms with Gasteiger partial charge in [0, 0.05) is 7.11 Å². The van der Waals surface area contributed by atoms with Gasteiger partial charge in [-0.3, -0.25) is 0 Å². The fourth-order valence-corrected chi connectivity index (χ4v) is 1.96. The summed E-state index contributed by atoms with van der Waals surface area (Å²) in [7, 11) is 1.62. The van der Waals surface area contributed by atoms with Crippen molar-refractivity contribution in [2.45, 2.75) is 31.9 Å². The number of nitrogens with two attached hydrogens (primary N) is 1. The van der Waals surface area contributed by atoms with E-state index >= 15 is 0 Å². The average molecular weight is 261 g/mol. The Kier molecular flexibility index (Phi) is 4.65. The predicted molar refractivity (Wildman–Crippen MR) is 71.4 cm³/mol. The summed E-state index contributed by atoms with van der Waals surface area (Å²) in [6.07, 6.45) is 1.48. The van der Waals surface area contributed by atoms with Crippen molar-refractivity contribution in [3.8, 4) is 0 Å². The highest BCUT2D eigenvalue weighted by Gasteiger charge is 2.21. The first-order valence-electron chi connectivity index (χ1n) is 6.43. The number of hydrogen-bond donors (Lipinski definition) is 1. The average Bonchev–Trinajstić information content (AvgIpc) is 2.91. The van der Waals surface area contributed by atoms with E-state index in [1.807, 2.05) is 30.3 Å². The molecule has 1 aromatic heterocycles. The zero-order valence-corrected chi connectivity index (χ0v) is 11.2. The van der Waals surface area contributed by atoms with Gasteiger partial charge in [0.1, 0.15) is 6.10 Å². The maximum absolute atomic E-state index is 5.96. The number of methoxy groups -OCH3 is 1. The fraction of sp³-hybridized carbons (Fsp3) is 0.429. The van der Waals surface area contributed by atoms with E-state index in [2.05, 4.69) is 17.1 Å². The zero-order chi connectivity index (χ0) is 13.7. The minimum atomic E-state index is -0.326. The lowest BCUT2D eigenvalue weighted by atomic mass is 10.1. The molecule has 19 heavy (non-hydrogen) atoms. The molecule has 1 aromatic carbocycles. The molecule has 0 saturated carbocycles. The molecule has 0 aliphatic heterocycles. The molecule has 5 nitrogen and oxygen atoms in total. The van der Waals surface area contributed by atoms with Crippen LogP contribution in [-0.4, -0.2) is 17.3 Å². The first-order valence-corrected chi connectivity index (χ1v) is 6.43. The van der Waals surface area contributed by atoms with Gasteiger partial charge in [-0.2, -0.15) is 4.98 Å². The number of hydrogen-bond acceptors (Lipinski definition) is 5. The Labute approximate surface area is 112 Å². The third-order valence-electron chi connectivity index (χ3n) is 2.95. The first kappa shape index (κ1) is 13.7. The van der Waals surface area contributed by atoms with E-state index in [4.69, 9.17) is 15.0 Å². The molecule has 0 bridgehead atoms. The lowest BCUT2D eigenvalue weighted by Gasteiger charge is -2.11. The van der Waals surface area contributed by atoms with Crippen LogP contribution < -0.4 is 5.73 Å². The summed E-state index contributed by atoms with van der Waals surface area (Å²) in [5, 5.41) is 3.98. The van der Waals surface area contributed by atoms with Gasteiger partial charge in [0.2, 0.25) is 11.7 Å². The number of rotatable bonds is 6. The summed E-state index contributed by atoms with van der Waals surface area (Å²) in [5.41, 5.74) is 6.95. The third-order valence-corrected chi connectivity index (χ3v) is 2.95. The van der Waals surface area contributed by atoms with Crippen LogP contribution in [0.15, 0.2) is 34.9 Å². The van der Waals surface area contributed by atoms with Crippen molar-refractivity contribution in [1.29, 1.82) is 0 Å². The van der Waals surface area contributed by atoms with Crippen LogP contribution in [0.3, 0.4) is 0 Å². The summed E-state index contributed by atoms with van der Waals surface area (Å²) in [4.78, 5) is 4.35. The molecular formula is C14H19N3O2. The second kappa shape index (κ2) is 6.45. The molecule has 0 aliphatic rings. The summed E-state index contributed by atoms with van der Waals surface area (Å²) >= 11 is 0. The van der Waals surface area contributed by atoms with E-state index in [0.29, 0.717) is 11.7 Å². The molecule has 0 amide bonds. The molecular weight excluding hydrogens is 242 g/mol. The number of aromatic nitrogens is 2. The highest BCUT2D eigenvalue weighted by Crippen LogP contribution is 2.24. The highest BCUT2D eigenvalue weighted by atomic mass is 16.5. The number of nitrogens with zero attached hydrogens (tertiary/aromatic N) is 2. The molecule has 2 aromatic rings. The van der Waals surface area contributed by atoms with Gasteiger partial charge in [0.05, 0.1) is 6.04 Å². The molecule has 0 radical (unpaired) electrons. The Morgan fingerprint density at radius 1 is 1.32 bits per heavy atom. The van der Waals surface area contributed by atoms with Crippen molar-refractivity contribution in [2.75, 3.05) is 7.11 Å². The highest BCUT2D eigenvalue weighted by molar-refractivity contribution is 5.22. The van der Waals surface area contributed by atoms with Gasteiger partial charge in [-0.05, 0) is 12.0 Å². The van der Waals surface area contributed by atoms with E-state index in [9.17, 15) is 0 Å². The second-order valence-corrected chi connectivity index (χ2v) is 4.41. The van der Waals surface area contributed by atoms with Gasteiger partial charge in [-0.15, -0.1) is 0 Å². The van der Waals surface area contributed by atoms with E-state index in [0.717, 1.165) is 18.4 Å². The van der Waals surface area contributed by atoms with Gasteiger partial charge in [0.25, 0.3) is 0 Å². The Morgan fingerprint density at radius 2 is 2.05 bits per heavy atom. The molecule has 2 rings (SSSR count). The van der Waals surface area contributed by atoms with E-state index in [1.165, 1.54) is 0 Å². The van der Waals surface area contributed by atoms with Gasteiger partial charge < -0.3 is 15.0 Å². The smallest absolute Gasteiger partial charge is 0.243 e. The van der Waals surface area contributed by atoms with Crippen LogP contribution in [0.1, 0.15) is 49.2 Å². The maximum atomic E-state index is 5.96. The Balaban J connectivity index is 2.21. The van der Waals surface area contributed by atoms with E-state index in [-0.39, 0.29) is 12.1 Å². The summed E-state index contributed by atoms with van der Waals surface area (Å²) in [6, 6.07) is 9.58. The van der Waals surface area contributed by atoms with Gasteiger partial charge >= 0.3 is 0 Å². The molecule has 0 fully saturated rings. The SMILES string of the molecule is CCC[C@@H](N)c1nc(C(OC)c2ccccc2)no1. The molecule has 0 spiro atoms. The zero-order valence-electron chi connectivity index (χ0n) is 11.2. The minimum absolute atomic E-state index is 0.209. The molecule has 2 atom stereocenters. The van der Waals surface area contributed by atoms with Crippen molar-refractivity contribution < 1.29 is 9.26 Å². The number of ether oxygens (including phenoxy) is 1. The summed E-state index contributed by atoms with van der Waals surface area (Å²) in [5.74, 6) is 0.977. The van der Waals surface area contributed by atoms with Crippen LogP contribution in [0.25, 0.3) is 0 Å².